The summed E-state index contributed by atoms with van der Waals surface area (Å²) in [6, 6.07) is 86.4. The minimum Gasteiger partial charge on any atom is -0.309 e. The van der Waals surface area contributed by atoms with Crippen LogP contribution in [0.5, 0.6) is 0 Å². The van der Waals surface area contributed by atoms with Gasteiger partial charge >= 0.3 is 0 Å². The van der Waals surface area contributed by atoms with Gasteiger partial charge in [0.2, 0.25) is 0 Å². The van der Waals surface area contributed by atoms with Gasteiger partial charge in [-0.25, -0.2) is 19.8 Å². The van der Waals surface area contributed by atoms with Crippen LogP contribution in [-0.2, 0) is 0 Å². The molecule has 0 amide bonds. The number of aromatic nitrogens is 5. The van der Waals surface area contributed by atoms with Gasteiger partial charge in [-0.2, -0.15) is 0 Å². The molecule has 0 radical (unpaired) electrons. The first-order valence-corrected chi connectivity index (χ1v) is 27.6. The Bertz CT molecular complexity index is 5100. The molecule has 5 heterocycles. The van der Waals surface area contributed by atoms with Crippen LogP contribution in [0.2, 0.25) is 0 Å². The minimum atomic E-state index is 0.576. The number of nitrogens with zero attached hydrogens (tertiary/aromatic N) is 6. The number of benzene rings is 11. The zero-order valence-electron chi connectivity index (χ0n) is 41.6. The van der Waals surface area contributed by atoms with Crippen LogP contribution in [0.3, 0.4) is 0 Å². The molecular weight excluding hydrogens is 989 g/mol. The molecule has 5 aromatic heterocycles. The number of rotatable bonds is 7. The van der Waals surface area contributed by atoms with E-state index in [4.69, 9.17) is 21.5 Å². The van der Waals surface area contributed by atoms with Gasteiger partial charge in [-0.05, 0) is 71.8 Å². The Balaban J connectivity index is 1.03. The van der Waals surface area contributed by atoms with Crippen molar-refractivity contribution >= 4 is 112 Å². The topological polar surface area (TPSA) is 52.9 Å². The lowest BCUT2D eigenvalue weighted by Crippen LogP contribution is -2.04. The summed E-state index contributed by atoms with van der Waals surface area (Å²) < 4.78 is 10.0. The molecule has 0 N–H and O–H groups in total. The molecule has 0 aliphatic carbocycles. The lowest BCUT2D eigenvalue weighted by atomic mass is 9.95. The maximum atomic E-state index is 7.76. The quantitative estimate of drug-likeness (QED) is 0.150. The van der Waals surface area contributed by atoms with Crippen LogP contribution in [0.4, 0.5) is 5.69 Å². The summed E-state index contributed by atoms with van der Waals surface area (Å²) in [5, 5.41) is 9.94. The summed E-state index contributed by atoms with van der Waals surface area (Å²) in [6.07, 6.45) is 0. The Morgan fingerprint density at radius 2 is 0.782 bits per heavy atom. The number of para-hydroxylation sites is 2. The minimum absolute atomic E-state index is 0.576. The van der Waals surface area contributed by atoms with E-state index in [2.05, 4.69) is 208 Å². The highest BCUT2D eigenvalue weighted by Gasteiger charge is 2.25. The molecule has 0 unspecified atom stereocenters. The lowest BCUT2D eigenvalue weighted by molar-refractivity contribution is 1.07. The molecule has 0 fully saturated rings. The van der Waals surface area contributed by atoms with E-state index in [9.17, 15) is 0 Å². The molecule has 78 heavy (non-hydrogen) atoms. The molecule has 0 spiro atoms. The molecule has 11 aromatic carbocycles. The molecule has 0 bridgehead atoms. The van der Waals surface area contributed by atoms with Crippen molar-refractivity contribution in [3.8, 4) is 67.8 Å². The van der Waals surface area contributed by atoms with Crippen LogP contribution >= 0.6 is 22.7 Å². The molecule has 6 nitrogen and oxygen atoms in total. The zero-order valence-corrected chi connectivity index (χ0v) is 43.2. The fraction of sp³-hybridized carbons (Fsp3) is 0. The van der Waals surface area contributed by atoms with Gasteiger partial charge in [0.15, 0.2) is 23.2 Å². The Hall–Kier alpha value is -10.0. The Kier molecular flexibility index (Phi) is 9.94. The van der Waals surface area contributed by atoms with E-state index in [1.165, 1.54) is 61.9 Å². The van der Waals surface area contributed by atoms with Crippen molar-refractivity contribution in [2.24, 2.45) is 0 Å². The standard InChI is InChI=1S/C70H40N6S2/c1-71-47-32-28-42(29-33-47)45-30-34-48(61(41-45)76-57-25-13-9-23-54(57)65-60(76)39-36-52-50-21-11-15-27-63(50)78-67(52)65)55-40-46(70-73-68(43-16-4-2-5-17-43)72-69(74-70)44-18-6-3-7-19-44)31-37-58(55)75-56-24-12-8-22-53(56)64-59(75)38-35-51-49-20-10-14-26-62(49)77-66(51)64/h2-41H. The molecule has 0 atom stereocenters. The summed E-state index contributed by atoms with van der Waals surface area (Å²) in [6.45, 7) is 7.76. The van der Waals surface area contributed by atoms with Crippen molar-refractivity contribution < 1.29 is 0 Å². The van der Waals surface area contributed by atoms with Gasteiger partial charge in [0.25, 0.3) is 0 Å². The van der Waals surface area contributed by atoms with Crippen LogP contribution < -0.4 is 0 Å². The first-order chi connectivity index (χ1) is 38.6. The van der Waals surface area contributed by atoms with Crippen LogP contribution in [0, 0.1) is 6.57 Å². The summed E-state index contributed by atoms with van der Waals surface area (Å²) in [5.74, 6) is 1.78. The predicted octanol–water partition coefficient (Wildman–Crippen LogP) is 19.7. The molecule has 16 rings (SSSR count). The molecule has 0 aliphatic heterocycles. The molecular formula is C70H40N6S2. The molecule has 0 saturated heterocycles. The number of fused-ring (bicyclic) bond motifs is 14. The third-order valence-electron chi connectivity index (χ3n) is 15.4. The maximum absolute atomic E-state index is 7.76. The van der Waals surface area contributed by atoms with Gasteiger partial charge in [0, 0.05) is 89.7 Å². The van der Waals surface area contributed by atoms with Crippen molar-refractivity contribution in [2.45, 2.75) is 0 Å². The second-order valence-corrected chi connectivity index (χ2v) is 21.8. The van der Waals surface area contributed by atoms with Crippen molar-refractivity contribution in [3.05, 3.63) is 254 Å². The molecule has 16 aromatic rings. The summed E-state index contributed by atoms with van der Waals surface area (Å²) in [5.41, 5.74) is 13.9. The van der Waals surface area contributed by atoms with E-state index in [1.54, 1.807) is 0 Å². The molecule has 0 saturated carbocycles. The van der Waals surface area contributed by atoms with Gasteiger partial charge in [-0.1, -0.05) is 182 Å². The average molecular weight is 1030 g/mol. The first kappa shape index (κ1) is 44.3. The summed E-state index contributed by atoms with van der Waals surface area (Å²) in [4.78, 5) is 19.4. The largest absolute Gasteiger partial charge is 0.309 e. The summed E-state index contributed by atoms with van der Waals surface area (Å²) in [7, 11) is 0. The monoisotopic (exact) mass is 1030 g/mol. The van der Waals surface area contributed by atoms with Crippen molar-refractivity contribution in [1.82, 2.24) is 24.1 Å². The van der Waals surface area contributed by atoms with Crippen LogP contribution in [0.15, 0.2) is 243 Å². The molecule has 0 aliphatic rings. The number of hydrogen-bond acceptors (Lipinski definition) is 5. The highest BCUT2D eigenvalue weighted by Crippen LogP contribution is 2.48. The maximum Gasteiger partial charge on any atom is 0.187 e. The van der Waals surface area contributed by atoms with Gasteiger partial charge in [0.1, 0.15) is 0 Å². The van der Waals surface area contributed by atoms with Gasteiger partial charge in [-0.3, -0.25) is 0 Å². The lowest BCUT2D eigenvalue weighted by Gasteiger charge is -2.21. The van der Waals surface area contributed by atoms with Gasteiger partial charge in [0.05, 0.1) is 40.0 Å². The Morgan fingerprint density at radius 3 is 1.33 bits per heavy atom. The van der Waals surface area contributed by atoms with E-state index in [0.29, 0.717) is 23.2 Å². The number of hydrogen-bond donors (Lipinski definition) is 0. The van der Waals surface area contributed by atoms with E-state index < -0.39 is 0 Å². The third kappa shape index (κ3) is 6.82. The van der Waals surface area contributed by atoms with Crippen LogP contribution in [0.1, 0.15) is 0 Å². The van der Waals surface area contributed by atoms with E-state index in [-0.39, 0.29) is 0 Å². The Morgan fingerprint density at radius 1 is 0.321 bits per heavy atom. The predicted molar refractivity (Wildman–Crippen MR) is 328 cm³/mol. The normalized spacial score (nSPS) is 11.8. The SMILES string of the molecule is [C-]#[N+]c1ccc(-c2ccc(-c3cc(-c4nc(-c5ccccc5)nc(-c5ccccc5)n4)ccc3-n3c4ccccc4c4c5sc6ccccc6c5ccc43)c(-n3c4ccccc4c4c5sc6ccccc6c5ccc43)c2)cc1. The fourth-order valence-corrected chi connectivity index (χ4v) is 14.4. The number of thiophene rings is 2. The summed E-state index contributed by atoms with van der Waals surface area (Å²) >= 11 is 3.73. The fourth-order valence-electron chi connectivity index (χ4n) is 11.9. The first-order valence-electron chi connectivity index (χ1n) is 25.9. The van der Waals surface area contributed by atoms with Crippen LogP contribution in [0.25, 0.3) is 157 Å². The average Bonchev–Trinajstić information content (AvgIpc) is 4.35. The van der Waals surface area contributed by atoms with Gasteiger partial charge in [-0.15, -0.1) is 22.7 Å². The van der Waals surface area contributed by atoms with Gasteiger partial charge < -0.3 is 9.13 Å². The van der Waals surface area contributed by atoms with Crippen molar-refractivity contribution in [3.63, 3.8) is 0 Å². The third-order valence-corrected chi connectivity index (χ3v) is 17.8. The molecule has 362 valence electrons. The molecule has 8 heteroatoms. The van der Waals surface area contributed by atoms with E-state index >= 15 is 0 Å². The van der Waals surface area contributed by atoms with Crippen molar-refractivity contribution in [2.75, 3.05) is 0 Å². The Labute approximate surface area is 455 Å². The highest BCUT2D eigenvalue weighted by atomic mass is 32.1. The van der Waals surface area contributed by atoms with Crippen LogP contribution in [-0.4, -0.2) is 24.1 Å². The highest BCUT2D eigenvalue weighted by molar-refractivity contribution is 7.27. The van der Waals surface area contributed by atoms with E-state index in [0.717, 1.165) is 72.4 Å². The zero-order chi connectivity index (χ0) is 51.4. The smallest absolute Gasteiger partial charge is 0.187 e. The second kappa shape index (κ2) is 17.5. The second-order valence-electron chi connectivity index (χ2n) is 19.7. The van der Waals surface area contributed by atoms with E-state index in [1.807, 2.05) is 71.2 Å². The van der Waals surface area contributed by atoms with Crippen molar-refractivity contribution in [1.29, 1.82) is 0 Å².